The van der Waals surface area contributed by atoms with E-state index in [1.807, 2.05) is 20.8 Å². The number of likely N-dealkylation sites (tertiary alicyclic amines) is 1. The summed E-state index contributed by atoms with van der Waals surface area (Å²) in [5.41, 5.74) is 0.345. The number of halogens is 2. The molecule has 0 saturated carbocycles. The smallest absolute Gasteiger partial charge is 0.410 e. The minimum Gasteiger partial charge on any atom is -0.444 e. The molecule has 6 heteroatoms. The number of nitrogens with zero attached hydrogens (tertiary/aromatic N) is 1. The maximum Gasteiger partial charge on any atom is 0.410 e. The zero-order valence-electron chi connectivity index (χ0n) is 16.4. The van der Waals surface area contributed by atoms with Crippen molar-refractivity contribution in [3.8, 4) is 0 Å². The summed E-state index contributed by atoms with van der Waals surface area (Å²) in [5, 5.41) is 0. The summed E-state index contributed by atoms with van der Waals surface area (Å²) in [6.07, 6.45) is 1.12. The molecule has 0 radical (unpaired) electrons. The summed E-state index contributed by atoms with van der Waals surface area (Å²) in [6, 6.07) is 11.2. The first-order chi connectivity index (χ1) is 13.2. The van der Waals surface area contributed by atoms with E-state index in [0.29, 0.717) is 30.8 Å². The van der Waals surface area contributed by atoms with Gasteiger partial charge in [-0.05, 0) is 75.4 Å². The SMILES string of the molecule is CC(C)(C)OC(=O)N1CCC(c2cc(F)ccc2Sc2ccccc2F)CC1. The van der Waals surface area contributed by atoms with Crippen LogP contribution < -0.4 is 0 Å². The maximum atomic E-state index is 14.1. The van der Waals surface area contributed by atoms with Gasteiger partial charge in [0.25, 0.3) is 0 Å². The van der Waals surface area contributed by atoms with Crippen molar-refractivity contribution in [3.05, 3.63) is 59.7 Å². The Morgan fingerprint density at radius 2 is 1.75 bits per heavy atom. The highest BCUT2D eigenvalue weighted by atomic mass is 32.2. The van der Waals surface area contributed by atoms with Crippen molar-refractivity contribution in [1.82, 2.24) is 4.90 Å². The highest BCUT2D eigenvalue weighted by Gasteiger charge is 2.28. The lowest BCUT2D eigenvalue weighted by Crippen LogP contribution is -2.41. The number of benzene rings is 2. The first-order valence-electron chi connectivity index (χ1n) is 9.43. The van der Waals surface area contributed by atoms with Crippen LogP contribution in [-0.2, 0) is 4.74 Å². The van der Waals surface area contributed by atoms with Crippen molar-refractivity contribution in [3.63, 3.8) is 0 Å². The van der Waals surface area contributed by atoms with Crippen LogP contribution >= 0.6 is 11.8 Å². The molecule has 0 aliphatic carbocycles. The fourth-order valence-electron chi connectivity index (χ4n) is 3.28. The van der Waals surface area contributed by atoms with E-state index in [-0.39, 0.29) is 23.6 Å². The van der Waals surface area contributed by atoms with Crippen LogP contribution in [-0.4, -0.2) is 29.7 Å². The monoisotopic (exact) mass is 405 g/mol. The van der Waals surface area contributed by atoms with E-state index in [0.717, 1.165) is 10.5 Å². The Kier molecular flexibility index (Phi) is 6.28. The van der Waals surface area contributed by atoms with Gasteiger partial charge in [-0.25, -0.2) is 13.6 Å². The van der Waals surface area contributed by atoms with E-state index in [4.69, 9.17) is 4.74 Å². The third-order valence-electron chi connectivity index (χ3n) is 4.61. The molecule has 3 nitrogen and oxygen atoms in total. The van der Waals surface area contributed by atoms with E-state index in [9.17, 15) is 13.6 Å². The van der Waals surface area contributed by atoms with Gasteiger partial charge < -0.3 is 9.64 Å². The molecular formula is C22H25F2NO2S. The van der Waals surface area contributed by atoms with Crippen LogP contribution in [0.25, 0.3) is 0 Å². The van der Waals surface area contributed by atoms with Crippen LogP contribution in [0.15, 0.2) is 52.3 Å². The largest absolute Gasteiger partial charge is 0.444 e. The van der Waals surface area contributed by atoms with Gasteiger partial charge in [0.1, 0.15) is 17.2 Å². The summed E-state index contributed by atoms with van der Waals surface area (Å²) in [5.74, 6) is -0.478. The quantitative estimate of drug-likeness (QED) is 0.606. The fourth-order valence-corrected chi connectivity index (χ4v) is 4.31. The van der Waals surface area contributed by atoms with Crippen LogP contribution in [0.1, 0.15) is 45.1 Å². The molecule has 1 aliphatic rings. The van der Waals surface area contributed by atoms with Crippen molar-refractivity contribution in [2.75, 3.05) is 13.1 Å². The molecule has 1 fully saturated rings. The average molecular weight is 406 g/mol. The zero-order valence-corrected chi connectivity index (χ0v) is 17.2. The molecule has 1 saturated heterocycles. The molecule has 1 aliphatic heterocycles. The maximum absolute atomic E-state index is 14.1. The van der Waals surface area contributed by atoms with Gasteiger partial charge in [-0.15, -0.1) is 0 Å². The molecule has 0 atom stereocenters. The van der Waals surface area contributed by atoms with Gasteiger partial charge in [-0.3, -0.25) is 0 Å². The molecule has 2 aromatic carbocycles. The fraction of sp³-hybridized carbons (Fsp3) is 0.409. The molecule has 150 valence electrons. The van der Waals surface area contributed by atoms with Crippen LogP contribution in [0.2, 0.25) is 0 Å². The van der Waals surface area contributed by atoms with E-state index in [1.54, 1.807) is 29.2 Å². The molecule has 0 bridgehead atoms. The average Bonchev–Trinajstić information content (AvgIpc) is 2.64. The van der Waals surface area contributed by atoms with Gasteiger partial charge in [-0.1, -0.05) is 23.9 Å². The Morgan fingerprint density at radius 3 is 2.39 bits per heavy atom. The third kappa shape index (κ3) is 5.25. The van der Waals surface area contributed by atoms with Gasteiger partial charge in [0.2, 0.25) is 0 Å². The van der Waals surface area contributed by atoms with E-state index >= 15 is 0 Å². The molecule has 0 spiro atoms. The van der Waals surface area contributed by atoms with Crippen molar-refractivity contribution >= 4 is 17.9 Å². The second-order valence-corrected chi connectivity index (χ2v) is 9.04. The summed E-state index contributed by atoms with van der Waals surface area (Å²) < 4.78 is 33.4. The second-order valence-electron chi connectivity index (χ2n) is 7.96. The van der Waals surface area contributed by atoms with Crippen molar-refractivity contribution in [1.29, 1.82) is 0 Å². The number of rotatable bonds is 3. The summed E-state index contributed by atoms with van der Waals surface area (Å²) >= 11 is 1.31. The lowest BCUT2D eigenvalue weighted by atomic mass is 9.89. The molecule has 28 heavy (non-hydrogen) atoms. The number of hydrogen-bond acceptors (Lipinski definition) is 3. The molecule has 0 N–H and O–H groups in total. The van der Waals surface area contributed by atoms with Gasteiger partial charge in [0.05, 0.1) is 0 Å². The Labute approximate surface area is 169 Å². The van der Waals surface area contributed by atoms with Crippen molar-refractivity contribution < 1.29 is 18.3 Å². The Bertz CT molecular complexity index is 843. The van der Waals surface area contributed by atoms with Crippen LogP contribution in [0.5, 0.6) is 0 Å². The van der Waals surface area contributed by atoms with Gasteiger partial charge >= 0.3 is 6.09 Å². The molecule has 0 aromatic heterocycles. The summed E-state index contributed by atoms with van der Waals surface area (Å²) in [6.45, 7) is 6.64. The second kappa shape index (κ2) is 8.52. The molecule has 3 rings (SSSR count). The van der Waals surface area contributed by atoms with Gasteiger partial charge in [0.15, 0.2) is 0 Å². The number of hydrogen-bond donors (Lipinski definition) is 0. The first kappa shape index (κ1) is 20.6. The Balaban J connectivity index is 1.73. The predicted molar refractivity (Wildman–Crippen MR) is 107 cm³/mol. The number of piperidine rings is 1. The molecule has 1 heterocycles. The van der Waals surface area contributed by atoms with Crippen LogP contribution in [0, 0.1) is 11.6 Å². The Hall–Kier alpha value is -2.08. The minimum atomic E-state index is -0.528. The minimum absolute atomic E-state index is 0.115. The molecule has 1 amide bonds. The first-order valence-corrected chi connectivity index (χ1v) is 10.2. The number of amides is 1. The third-order valence-corrected chi connectivity index (χ3v) is 5.76. The number of carbonyl (C=O) groups excluding carboxylic acids is 1. The highest BCUT2D eigenvalue weighted by Crippen LogP contribution is 2.39. The lowest BCUT2D eigenvalue weighted by Gasteiger charge is -2.34. The van der Waals surface area contributed by atoms with Gasteiger partial charge in [0, 0.05) is 22.9 Å². The molecule has 2 aromatic rings. The molecular weight excluding hydrogens is 380 g/mol. The summed E-state index contributed by atoms with van der Waals surface area (Å²) in [7, 11) is 0. The number of ether oxygens (including phenoxy) is 1. The van der Waals surface area contributed by atoms with Crippen LogP contribution in [0.4, 0.5) is 13.6 Å². The van der Waals surface area contributed by atoms with E-state index < -0.39 is 5.60 Å². The van der Waals surface area contributed by atoms with E-state index in [2.05, 4.69) is 0 Å². The number of carbonyl (C=O) groups is 1. The summed E-state index contributed by atoms with van der Waals surface area (Å²) in [4.78, 5) is 15.3. The Morgan fingerprint density at radius 1 is 1.07 bits per heavy atom. The van der Waals surface area contributed by atoms with E-state index in [1.165, 1.54) is 30.0 Å². The topological polar surface area (TPSA) is 29.5 Å². The standard InChI is InChI=1S/C22H25F2NO2S/c1-22(2,3)27-21(26)25-12-10-15(11-13-25)17-14-16(23)8-9-19(17)28-20-7-5-4-6-18(20)24/h4-9,14-15H,10-13H2,1-3H3. The van der Waals surface area contributed by atoms with Crippen molar-refractivity contribution in [2.45, 2.75) is 54.9 Å². The highest BCUT2D eigenvalue weighted by molar-refractivity contribution is 7.99. The zero-order chi connectivity index (χ0) is 20.3. The van der Waals surface area contributed by atoms with Gasteiger partial charge in [-0.2, -0.15) is 0 Å². The molecule has 0 unspecified atom stereocenters. The lowest BCUT2D eigenvalue weighted by molar-refractivity contribution is 0.0204. The normalized spacial score (nSPS) is 15.5. The van der Waals surface area contributed by atoms with Crippen molar-refractivity contribution in [2.24, 2.45) is 0 Å². The van der Waals surface area contributed by atoms with Crippen LogP contribution in [0.3, 0.4) is 0 Å². The predicted octanol–water partition coefficient (Wildman–Crippen LogP) is 6.23.